The second kappa shape index (κ2) is 4.77. The number of hydrogen-bond acceptors (Lipinski definition) is 2. The fourth-order valence-corrected chi connectivity index (χ4v) is 3.21. The van der Waals surface area contributed by atoms with Gasteiger partial charge in [0.25, 0.3) is 11.8 Å². The minimum atomic E-state index is -0.249. The summed E-state index contributed by atoms with van der Waals surface area (Å²) >= 11 is 0. The van der Waals surface area contributed by atoms with E-state index >= 15 is 0 Å². The minimum absolute atomic E-state index is 0.203. The second-order valence-electron chi connectivity index (χ2n) is 5.92. The van der Waals surface area contributed by atoms with Gasteiger partial charge in [0.15, 0.2) is 0 Å². The highest BCUT2D eigenvalue weighted by atomic mass is 19.1. The predicted octanol–water partition coefficient (Wildman–Crippen LogP) is 3.23. The van der Waals surface area contributed by atoms with Crippen molar-refractivity contribution in [3.8, 4) is 0 Å². The molecule has 4 rings (SSSR count). The van der Waals surface area contributed by atoms with Crippen LogP contribution in [0.15, 0.2) is 48.5 Å². The molecule has 2 aromatic rings. The fraction of sp³-hybridized carbons (Fsp3) is 0.222. The Morgan fingerprint density at radius 1 is 0.955 bits per heavy atom. The molecular formula is C18H14FNO2. The highest BCUT2D eigenvalue weighted by molar-refractivity contribution is 6.21. The summed E-state index contributed by atoms with van der Waals surface area (Å²) in [4.78, 5) is 26.0. The monoisotopic (exact) mass is 295 g/mol. The Hall–Kier alpha value is -2.49. The van der Waals surface area contributed by atoms with Crippen molar-refractivity contribution < 1.29 is 14.0 Å². The Balaban J connectivity index is 1.49. The van der Waals surface area contributed by atoms with Crippen molar-refractivity contribution in [2.45, 2.75) is 12.3 Å². The lowest BCUT2D eigenvalue weighted by Crippen LogP contribution is -2.31. The molecule has 0 spiro atoms. The maximum atomic E-state index is 13.0. The lowest BCUT2D eigenvalue weighted by Gasteiger charge is -2.13. The molecule has 110 valence electrons. The van der Waals surface area contributed by atoms with Crippen molar-refractivity contribution in [2.75, 3.05) is 6.54 Å². The van der Waals surface area contributed by atoms with E-state index in [2.05, 4.69) is 0 Å². The van der Waals surface area contributed by atoms with E-state index in [4.69, 9.17) is 0 Å². The molecule has 22 heavy (non-hydrogen) atoms. The topological polar surface area (TPSA) is 37.4 Å². The van der Waals surface area contributed by atoms with E-state index in [1.165, 1.54) is 17.0 Å². The number of amides is 2. The summed E-state index contributed by atoms with van der Waals surface area (Å²) in [5.41, 5.74) is 2.06. The zero-order valence-corrected chi connectivity index (χ0v) is 11.8. The van der Waals surface area contributed by atoms with Crippen LogP contribution in [0.25, 0.3) is 0 Å². The fourth-order valence-electron chi connectivity index (χ4n) is 3.21. The van der Waals surface area contributed by atoms with Crippen LogP contribution in [0.4, 0.5) is 4.39 Å². The molecule has 1 fully saturated rings. The molecule has 1 aliphatic heterocycles. The highest BCUT2D eigenvalue weighted by Gasteiger charge is 2.44. The van der Waals surface area contributed by atoms with Crippen LogP contribution in [-0.2, 0) is 0 Å². The lowest BCUT2D eigenvalue weighted by atomic mass is 10.1. The van der Waals surface area contributed by atoms with Gasteiger partial charge in [-0.05, 0) is 48.1 Å². The van der Waals surface area contributed by atoms with Gasteiger partial charge in [-0.1, -0.05) is 24.3 Å². The first-order valence-corrected chi connectivity index (χ1v) is 7.36. The van der Waals surface area contributed by atoms with Crippen molar-refractivity contribution in [3.05, 3.63) is 71.0 Å². The van der Waals surface area contributed by atoms with Crippen LogP contribution in [0.2, 0.25) is 0 Å². The van der Waals surface area contributed by atoms with Gasteiger partial charge in [-0.2, -0.15) is 0 Å². The molecule has 0 bridgehead atoms. The number of fused-ring (bicyclic) bond motifs is 1. The van der Waals surface area contributed by atoms with Gasteiger partial charge >= 0.3 is 0 Å². The minimum Gasteiger partial charge on any atom is -0.274 e. The molecule has 3 nitrogen and oxygen atoms in total. The van der Waals surface area contributed by atoms with Gasteiger partial charge in [0.05, 0.1) is 11.1 Å². The Kier molecular flexibility index (Phi) is 2.86. The largest absolute Gasteiger partial charge is 0.274 e. The van der Waals surface area contributed by atoms with E-state index < -0.39 is 0 Å². The third kappa shape index (κ3) is 2.03. The normalized spacial score (nSPS) is 22.9. The molecule has 2 atom stereocenters. The number of carbonyl (C=O) groups excluding carboxylic acids is 2. The predicted molar refractivity (Wildman–Crippen MR) is 79.1 cm³/mol. The number of imide groups is 1. The Morgan fingerprint density at radius 2 is 1.55 bits per heavy atom. The van der Waals surface area contributed by atoms with E-state index in [0.29, 0.717) is 23.6 Å². The van der Waals surface area contributed by atoms with Crippen LogP contribution < -0.4 is 0 Å². The number of nitrogens with zero attached hydrogens (tertiary/aromatic N) is 1. The Bertz CT molecular complexity index is 734. The number of halogens is 1. The number of hydrogen-bond donors (Lipinski definition) is 0. The summed E-state index contributed by atoms with van der Waals surface area (Å²) < 4.78 is 13.0. The molecule has 0 radical (unpaired) electrons. The van der Waals surface area contributed by atoms with E-state index in [1.54, 1.807) is 36.4 Å². The zero-order valence-electron chi connectivity index (χ0n) is 11.8. The van der Waals surface area contributed by atoms with Gasteiger partial charge in [0, 0.05) is 6.54 Å². The molecule has 4 heteroatoms. The van der Waals surface area contributed by atoms with E-state index in [9.17, 15) is 14.0 Å². The van der Waals surface area contributed by atoms with Gasteiger partial charge < -0.3 is 0 Å². The van der Waals surface area contributed by atoms with Crippen LogP contribution in [0, 0.1) is 11.7 Å². The highest BCUT2D eigenvalue weighted by Crippen LogP contribution is 2.48. The number of carbonyl (C=O) groups is 2. The summed E-state index contributed by atoms with van der Waals surface area (Å²) in [7, 11) is 0. The van der Waals surface area contributed by atoms with Crippen LogP contribution in [0.3, 0.4) is 0 Å². The Morgan fingerprint density at radius 3 is 2.14 bits per heavy atom. The average molecular weight is 295 g/mol. The average Bonchev–Trinajstić information content (AvgIpc) is 3.26. The smallest absolute Gasteiger partial charge is 0.261 e. The Labute approximate surface area is 127 Å². The molecule has 2 aliphatic rings. The van der Waals surface area contributed by atoms with Gasteiger partial charge in [0.1, 0.15) is 5.82 Å². The second-order valence-corrected chi connectivity index (χ2v) is 5.92. The van der Waals surface area contributed by atoms with Gasteiger partial charge in [0.2, 0.25) is 0 Å². The molecule has 1 aliphatic carbocycles. The first-order valence-electron chi connectivity index (χ1n) is 7.36. The van der Waals surface area contributed by atoms with E-state index in [-0.39, 0.29) is 23.5 Å². The number of benzene rings is 2. The SMILES string of the molecule is O=C1c2ccccc2C(=O)N1C[C@@H]1C[C@H]1c1ccc(F)cc1. The number of rotatable bonds is 3. The van der Waals surface area contributed by atoms with Crippen LogP contribution >= 0.6 is 0 Å². The summed E-state index contributed by atoms with van der Waals surface area (Å²) in [6.07, 6.45) is 0.930. The van der Waals surface area contributed by atoms with Crippen molar-refractivity contribution in [1.82, 2.24) is 4.90 Å². The van der Waals surface area contributed by atoms with Crippen molar-refractivity contribution >= 4 is 11.8 Å². The standard InChI is InChI=1S/C18H14FNO2/c19-13-7-5-11(6-8-13)16-9-12(16)10-20-17(21)14-3-1-2-4-15(14)18(20)22/h1-8,12,16H,9-10H2/t12-,16-/m0/s1. The van der Waals surface area contributed by atoms with Crippen LogP contribution in [0.5, 0.6) is 0 Å². The van der Waals surface area contributed by atoms with E-state index in [0.717, 1.165) is 12.0 Å². The summed E-state index contributed by atoms with van der Waals surface area (Å²) in [5, 5.41) is 0. The molecular weight excluding hydrogens is 281 g/mol. The van der Waals surface area contributed by atoms with Crippen molar-refractivity contribution in [2.24, 2.45) is 5.92 Å². The third-order valence-corrected chi connectivity index (χ3v) is 4.52. The molecule has 1 saturated carbocycles. The van der Waals surface area contributed by atoms with Gasteiger partial charge in [-0.25, -0.2) is 4.39 Å². The molecule has 1 heterocycles. The first kappa shape index (κ1) is 13.2. The summed E-state index contributed by atoms with van der Waals surface area (Å²) in [5.74, 6) is -0.0744. The maximum absolute atomic E-state index is 13.0. The van der Waals surface area contributed by atoms with Gasteiger partial charge in [-0.15, -0.1) is 0 Å². The van der Waals surface area contributed by atoms with Crippen LogP contribution in [-0.4, -0.2) is 23.3 Å². The van der Waals surface area contributed by atoms with Crippen molar-refractivity contribution in [3.63, 3.8) is 0 Å². The molecule has 2 aromatic carbocycles. The molecule has 0 unspecified atom stereocenters. The molecule has 0 aromatic heterocycles. The lowest BCUT2D eigenvalue weighted by molar-refractivity contribution is 0.0646. The third-order valence-electron chi connectivity index (χ3n) is 4.52. The zero-order chi connectivity index (χ0) is 15.3. The molecule has 0 N–H and O–H groups in total. The quantitative estimate of drug-likeness (QED) is 0.815. The first-order chi connectivity index (χ1) is 10.6. The van der Waals surface area contributed by atoms with Gasteiger partial charge in [-0.3, -0.25) is 14.5 Å². The van der Waals surface area contributed by atoms with Crippen molar-refractivity contribution in [1.29, 1.82) is 0 Å². The maximum Gasteiger partial charge on any atom is 0.261 e. The van der Waals surface area contributed by atoms with Crippen LogP contribution in [0.1, 0.15) is 38.6 Å². The summed E-state index contributed by atoms with van der Waals surface area (Å²) in [6, 6.07) is 13.4. The summed E-state index contributed by atoms with van der Waals surface area (Å²) in [6.45, 7) is 0.439. The molecule has 0 saturated heterocycles. The van der Waals surface area contributed by atoms with E-state index in [1.807, 2.05) is 0 Å². The molecule has 2 amide bonds.